The summed E-state index contributed by atoms with van der Waals surface area (Å²) in [5.74, 6) is 0.459. The smallest absolute Gasteiger partial charge is 0.226 e. The van der Waals surface area contributed by atoms with Crippen LogP contribution in [0.3, 0.4) is 0 Å². The highest BCUT2D eigenvalue weighted by molar-refractivity contribution is 6.37. The number of rotatable bonds is 7. The summed E-state index contributed by atoms with van der Waals surface area (Å²) in [6.45, 7) is 8.14. The van der Waals surface area contributed by atoms with E-state index in [9.17, 15) is 4.79 Å². The van der Waals surface area contributed by atoms with Crippen LogP contribution in [0.5, 0.6) is 5.75 Å². The molecule has 0 fully saturated rings. The number of anilines is 2. The molecule has 6 heteroatoms. The SMILES string of the molecule is CC(C)Oc1c(Cl)cc(CNc2ccc(NC(=O)C(C)C)cc2)cc1Cl. The van der Waals surface area contributed by atoms with E-state index in [1.165, 1.54) is 0 Å². The van der Waals surface area contributed by atoms with E-state index < -0.39 is 0 Å². The van der Waals surface area contributed by atoms with Gasteiger partial charge in [-0.05, 0) is 55.8 Å². The lowest BCUT2D eigenvalue weighted by molar-refractivity contribution is -0.118. The van der Waals surface area contributed by atoms with Crippen molar-refractivity contribution >= 4 is 40.5 Å². The third-order valence-electron chi connectivity index (χ3n) is 3.59. The van der Waals surface area contributed by atoms with Gasteiger partial charge in [0.2, 0.25) is 5.91 Å². The van der Waals surface area contributed by atoms with E-state index in [1.807, 2.05) is 64.1 Å². The van der Waals surface area contributed by atoms with Crippen LogP contribution in [0.1, 0.15) is 33.3 Å². The molecule has 0 aliphatic rings. The number of carbonyl (C=O) groups excluding carboxylic acids is 1. The summed E-state index contributed by atoms with van der Waals surface area (Å²) in [6.07, 6.45) is 0.00340. The molecule has 0 radical (unpaired) electrons. The summed E-state index contributed by atoms with van der Waals surface area (Å²) in [5.41, 5.74) is 2.66. The molecule has 0 aliphatic heterocycles. The molecule has 1 amide bonds. The predicted molar refractivity (Wildman–Crippen MR) is 109 cm³/mol. The Bertz CT molecular complexity index is 736. The van der Waals surface area contributed by atoms with Crippen molar-refractivity contribution in [2.75, 3.05) is 10.6 Å². The number of amides is 1. The minimum Gasteiger partial charge on any atom is -0.488 e. The van der Waals surface area contributed by atoms with Crippen molar-refractivity contribution in [3.63, 3.8) is 0 Å². The van der Waals surface area contributed by atoms with Crippen molar-refractivity contribution in [3.8, 4) is 5.75 Å². The zero-order valence-electron chi connectivity index (χ0n) is 15.4. The molecule has 2 aromatic rings. The molecule has 0 atom stereocenters. The fourth-order valence-electron chi connectivity index (χ4n) is 2.22. The zero-order chi connectivity index (χ0) is 19.3. The quantitative estimate of drug-likeness (QED) is 0.606. The van der Waals surface area contributed by atoms with E-state index >= 15 is 0 Å². The first-order valence-electron chi connectivity index (χ1n) is 8.55. The van der Waals surface area contributed by atoms with Gasteiger partial charge >= 0.3 is 0 Å². The van der Waals surface area contributed by atoms with Crippen LogP contribution < -0.4 is 15.4 Å². The fraction of sp³-hybridized carbons (Fsp3) is 0.350. The van der Waals surface area contributed by atoms with Gasteiger partial charge in [-0.3, -0.25) is 4.79 Å². The van der Waals surface area contributed by atoms with Gasteiger partial charge < -0.3 is 15.4 Å². The molecule has 0 spiro atoms. The van der Waals surface area contributed by atoms with E-state index in [1.54, 1.807) is 0 Å². The van der Waals surface area contributed by atoms with E-state index in [0.29, 0.717) is 22.3 Å². The topological polar surface area (TPSA) is 50.4 Å². The van der Waals surface area contributed by atoms with Gasteiger partial charge in [-0.1, -0.05) is 37.0 Å². The Balaban J connectivity index is 1.99. The van der Waals surface area contributed by atoms with Gasteiger partial charge in [-0.15, -0.1) is 0 Å². The van der Waals surface area contributed by atoms with Crippen molar-refractivity contribution < 1.29 is 9.53 Å². The third-order valence-corrected chi connectivity index (χ3v) is 4.15. The molecule has 0 saturated heterocycles. The number of benzene rings is 2. The minimum absolute atomic E-state index is 0.00120. The van der Waals surface area contributed by atoms with Crippen molar-refractivity contribution in [1.82, 2.24) is 0 Å². The number of carbonyl (C=O) groups is 1. The third kappa shape index (κ3) is 5.82. The maximum absolute atomic E-state index is 11.7. The second kappa shape index (κ2) is 9.15. The summed E-state index contributed by atoms with van der Waals surface area (Å²) in [5, 5.41) is 7.16. The van der Waals surface area contributed by atoms with E-state index in [0.717, 1.165) is 16.9 Å². The fourth-order valence-corrected chi connectivity index (χ4v) is 2.85. The van der Waals surface area contributed by atoms with E-state index in [4.69, 9.17) is 27.9 Å². The second-order valence-corrected chi connectivity index (χ2v) is 7.44. The maximum atomic E-state index is 11.7. The number of hydrogen-bond donors (Lipinski definition) is 2. The van der Waals surface area contributed by atoms with Gasteiger partial charge in [0.15, 0.2) is 5.75 Å². The van der Waals surface area contributed by atoms with Crippen molar-refractivity contribution in [1.29, 1.82) is 0 Å². The molecule has 0 heterocycles. The zero-order valence-corrected chi connectivity index (χ0v) is 16.9. The maximum Gasteiger partial charge on any atom is 0.226 e. The lowest BCUT2D eigenvalue weighted by Crippen LogP contribution is -2.17. The highest BCUT2D eigenvalue weighted by Gasteiger charge is 2.11. The first-order valence-corrected chi connectivity index (χ1v) is 9.31. The molecule has 2 N–H and O–H groups in total. The molecule has 4 nitrogen and oxygen atoms in total. The lowest BCUT2D eigenvalue weighted by Gasteiger charge is -2.15. The Labute approximate surface area is 164 Å². The van der Waals surface area contributed by atoms with E-state index in [2.05, 4.69) is 10.6 Å². The Morgan fingerprint density at radius 3 is 2.04 bits per heavy atom. The first kappa shape index (κ1) is 20.4. The number of hydrogen-bond acceptors (Lipinski definition) is 3. The summed E-state index contributed by atoms with van der Waals surface area (Å²) >= 11 is 12.6. The van der Waals surface area contributed by atoms with Crippen LogP contribution in [-0.2, 0) is 11.3 Å². The number of nitrogens with one attached hydrogen (secondary N) is 2. The molecular formula is C20H24Cl2N2O2. The molecule has 2 aromatic carbocycles. The highest BCUT2D eigenvalue weighted by atomic mass is 35.5. The van der Waals surface area contributed by atoms with Gasteiger partial charge in [0.25, 0.3) is 0 Å². The van der Waals surface area contributed by atoms with Crippen LogP contribution in [0, 0.1) is 5.92 Å². The second-order valence-electron chi connectivity index (χ2n) is 6.63. The molecule has 2 rings (SSSR count). The summed E-state index contributed by atoms with van der Waals surface area (Å²) < 4.78 is 5.64. The predicted octanol–water partition coefficient (Wildman–Crippen LogP) is 5.99. The van der Waals surface area contributed by atoms with Crippen LogP contribution in [0.4, 0.5) is 11.4 Å². The van der Waals surface area contributed by atoms with Crippen molar-refractivity contribution in [3.05, 3.63) is 52.0 Å². The Kier molecular flexibility index (Phi) is 7.18. The van der Waals surface area contributed by atoms with E-state index in [-0.39, 0.29) is 17.9 Å². The van der Waals surface area contributed by atoms with Crippen LogP contribution >= 0.6 is 23.2 Å². The normalized spacial score (nSPS) is 10.9. The largest absolute Gasteiger partial charge is 0.488 e. The first-order chi connectivity index (χ1) is 12.3. The Morgan fingerprint density at radius 1 is 1.00 bits per heavy atom. The summed E-state index contributed by atoms with van der Waals surface area (Å²) in [4.78, 5) is 11.7. The molecule has 0 saturated carbocycles. The van der Waals surface area contributed by atoms with Gasteiger partial charge in [-0.2, -0.15) is 0 Å². The molecule has 0 aromatic heterocycles. The Hall–Kier alpha value is -1.91. The highest BCUT2D eigenvalue weighted by Crippen LogP contribution is 2.35. The average molecular weight is 395 g/mol. The standard InChI is InChI=1S/C20H24Cl2N2O2/c1-12(2)20(25)24-16-7-5-15(6-8-16)23-11-14-9-17(21)19(18(22)10-14)26-13(3)4/h5-10,12-13,23H,11H2,1-4H3,(H,24,25). The van der Waals surface area contributed by atoms with Gasteiger partial charge in [-0.25, -0.2) is 0 Å². The monoisotopic (exact) mass is 394 g/mol. The van der Waals surface area contributed by atoms with Gasteiger partial charge in [0.05, 0.1) is 16.1 Å². The molecule has 0 unspecified atom stereocenters. The van der Waals surface area contributed by atoms with Gasteiger partial charge in [0, 0.05) is 23.8 Å². The number of halogens is 2. The molecule has 0 bridgehead atoms. The minimum atomic E-state index is -0.0510. The molecule has 26 heavy (non-hydrogen) atoms. The molecule has 140 valence electrons. The van der Waals surface area contributed by atoms with Crippen molar-refractivity contribution in [2.24, 2.45) is 5.92 Å². The van der Waals surface area contributed by atoms with Crippen LogP contribution in [0.15, 0.2) is 36.4 Å². The van der Waals surface area contributed by atoms with Crippen LogP contribution in [0.25, 0.3) is 0 Å². The van der Waals surface area contributed by atoms with Crippen molar-refractivity contribution in [2.45, 2.75) is 40.3 Å². The average Bonchev–Trinajstić information content (AvgIpc) is 2.57. The molecule has 0 aliphatic carbocycles. The molecular weight excluding hydrogens is 371 g/mol. The Morgan fingerprint density at radius 2 is 1.54 bits per heavy atom. The lowest BCUT2D eigenvalue weighted by atomic mass is 10.2. The van der Waals surface area contributed by atoms with Crippen LogP contribution in [-0.4, -0.2) is 12.0 Å². The summed E-state index contributed by atoms with van der Waals surface area (Å²) in [7, 11) is 0. The van der Waals surface area contributed by atoms with Crippen LogP contribution in [0.2, 0.25) is 10.0 Å². The summed E-state index contributed by atoms with van der Waals surface area (Å²) in [6, 6.07) is 11.2. The van der Waals surface area contributed by atoms with Gasteiger partial charge in [0.1, 0.15) is 0 Å². The number of ether oxygens (including phenoxy) is 1.